The molecule has 0 bridgehead atoms. The molecule has 10 rings (SSSR count). The first-order valence-corrected chi connectivity index (χ1v) is 23.9. The van der Waals surface area contributed by atoms with Gasteiger partial charge in [-0.05, 0) is 146 Å². The van der Waals surface area contributed by atoms with Gasteiger partial charge in [-0.25, -0.2) is 0 Å². The second-order valence-electron chi connectivity index (χ2n) is 16.9. The van der Waals surface area contributed by atoms with Crippen molar-refractivity contribution < 1.29 is 15.3 Å². The van der Waals surface area contributed by atoms with Gasteiger partial charge in [0.2, 0.25) is 0 Å². The Morgan fingerprint density at radius 3 is 1.40 bits per heavy atom. The normalized spacial score (nSPS) is 14.9. The first kappa shape index (κ1) is 47.9. The first-order valence-electron chi connectivity index (χ1n) is 23.9. The summed E-state index contributed by atoms with van der Waals surface area (Å²) in [4.78, 5) is 0. The third-order valence-corrected chi connectivity index (χ3v) is 13.0. The summed E-state index contributed by atoms with van der Waals surface area (Å²) in [6.45, 7) is 15.1. The minimum atomic E-state index is -0.491. The molecule has 3 heteroatoms. The minimum absolute atomic E-state index is 0.249. The van der Waals surface area contributed by atoms with Crippen molar-refractivity contribution in [2.24, 2.45) is 0 Å². The molecule has 3 unspecified atom stereocenters. The van der Waals surface area contributed by atoms with Crippen LogP contribution in [0.3, 0.4) is 0 Å². The fourth-order valence-corrected chi connectivity index (χ4v) is 9.87. The maximum Gasteiger partial charge on any atom is 0.115 e. The highest BCUT2D eigenvalue weighted by Gasteiger charge is 2.45. The van der Waals surface area contributed by atoms with Crippen LogP contribution in [-0.2, 0) is 11.8 Å². The van der Waals surface area contributed by atoms with Crippen molar-refractivity contribution in [2.45, 2.75) is 104 Å². The minimum Gasteiger partial charge on any atom is -0.508 e. The predicted molar refractivity (Wildman–Crippen MR) is 276 cm³/mol. The van der Waals surface area contributed by atoms with Crippen molar-refractivity contribution in [2.75, 3.05) is 0 Å². The van der Waals surface area contributed by atoms with Gasteiger partial charge < -0.3 is 15.3 Å². The summed E-state index contributed by atoms with van der Waals surface area (Å²) >= 11 is 0. The predicted octanol–water partition coefficient (Wildman–Crippen LogP) is 16.9. The van der Waals surface area contributed by atoms with Gasteiger partial charge in [0.15, 0.2) is 0 Å². The quantitative estimate of drug-likeness (QED) is 0.143. The van der Waals surface area contributed by atoms with Crippen molar-refractivity contribution in [1.29, 1.82) is 0 Å². The zero-order valence-corrected chi connectivity index (χ0v) is 39.5. The molecule has 0 amide bonds. The van der Waals surface area contributed by atoms with E-state index < -0.39 is 5.41 Å². The summed E-state index contributed by atoms with van der Waals surface area (Å²) < 4.78 is 0. The average molecular weight is 861 g/mol. The highest BCUT2D eigenvalue weighted by Crippen LogP contribution is 2.56. The Hall–Kier alpha value is -6.58. The number of benzene rings is 8. The van der Waals surface area contributed by atoms with Gasteiger partial charge in [-0.15, -0.1) is 0 Å². The Bertz CT molecular complexity index is 2580. The molecular formula is C62H68O3. The molecule has 3 nitrogen and oxygen atoms in total. The van der Waals surface area contributed by atoms with Crippen molar-refractivity contribution in [3.05, 3.63) is 233 Å². The zero-order chi connectivity index (χ0) is 46.3. The van der Waals surface area contributed by atoms with E-state index in [-0.39, 0.29) is 11.5 Å². The number of phenols is 3. The molecule has 334 valence electrons. The van der Waals surface area contributed by atoms with Crippen LogP contribution in [0.25, 0.3) is 21.9 Å². The topological polar surface area (TPSA) is 60.7 Å². The molecule has 65 heavy (non-hydrogen) atoms. The fraction of sp³-hybridized carbons (Fsp3) is 0.258. The lowest BCUT2D eigenvalue weighted by Gasteiger charge is -2.33. The second-order valence-corrected chi connectivity index (χ2v) is 16.9. The van der Waals surface area contributed by atoms with Gasteiger partial charge in [0.1, 0.15) is 17.2 Å². The van der Waals surface area contributed by atoms with Gasteiger partial charge in [0.25, 0.3) is 0 Å². The third kappa shape index (κ3) is 10.4. The van der Waals surface area contributed by atoms with Crippen LogP contribution in [0.1, 0.15) is 136 Å². The number of aryl methyl sites for hydroxylation is 1. The molecule has 0 aliphatic heterocycles. The Morgan fingerprint density at radius 1 is 0.492 bits per heavy atom. The monoisotopic (exact) mass is 861 g/mol. The van der Waals surface area contributed by atoms with E-state index >= 15 is 0 Å². The van der Waals surface area contributed by atoms with E-state index in [0.29, 0.717) is 23.5 Å². The van der Waals surface area contributed by atoms with E-state index in [9.17, 15) is 15.3 Å². The standard InChI is InChI=1S/C25H18O2.C24H26O.C8H10.C3H8.C2H6/c26-19-13-9-17(10-14-19)25(18-11-15-20(27)16-12-18)23-7-3-1-5-21(23)22-6-2-4-8-24(22)25;1-3-17(18-10-13-20(25)14-11-18)12-15-21-16(2)22-8-4-6-19-7-5-9-23(21)24(19)22;1-2-8-6-4-3-5-7-8;1-3-2;1-2/h1-16,26-27H;4-11,13-14,16-17,21,25H,3,12,15H2,1-2H3;3-7H,2H2,1H3;3H2,1-2H3;1-2H3. The summed E-state index contributed by atoms with van der Waals surface area (Å²) in [5, 5.41) is 32.1. The summed E-state index contributed by atoms with van der Waals surface area (Å²) in [5.74, 6) is 2.63. The van der Waals surface area contributed by atoms with Crippen LogP contribution in [-0.4, -0.2) is 15.3 Å². The molecule has 0 fully saturated rings. The maximum atomic E-state index is 9.85. The van der Waals surface area contributed by atoms with Crippen molar-refractivity contribution >= 4 is 10.8 Å². The van der Waals surface area contributed by atoms with Crippen molar-refractivity contribution in [1.82, 2.24) is 0 Å². The van der Waals surface area contributed by atoms with Crippen LogP contribution in [0.2, 0.25) is 0 Å². The number of hydrogen-bond donors (Lipinski definition) is 3. The molecule has 0 aromatic heterocycles. The van der Waals surface area contributed by atoms with Gasteiger partial charge in [-0.1, -0.05) is 207 Å². The van der Waals surface area contributed by atoms with Crippen LogP contribution in [0.4, 0.5) is 0 Å². The van der Waals surface area contributed by atoms with Gasteiger partial charge in [-0.2, -0.15) is 0 Å². The molecule has 8 aromatic carbocycles. The average Bonchev–Trinajstić information content (AvgIpc) is 3.81. The summed E-state index contributed by atoms with van der Waals surface area (Å²) in [6.07, 6.45) is 5.94. The van der Waals surface area contributed by atoms with E-state index in [1.807, 2.05) is 56.3 Å². The van der Waals surface area contributed by atoms with E-state index in [0.717, 1.165) is 24.0 Å². The Morgan fingerprint density at radius 2 is 0.938 bits per heavy atom. The largest absolute Gasteiger partial charge is 0.508 e. The number of hydrogen-bond acceptors (Lipinski definition) is 3. The molecule has 0 radical (unpaired) electrons. The van der Waals surface area contributed by atoms with Gasteiger partial charge in [0, 0.05) is 0 Å². The molecule has 0 heterocycles. The molecule has 0 saturated carbocycles. The third-order valence-electron chi connectivity index (χ3n) is 13.0. The van der Waals surface area contributed by atoms with E-state index in [2.05, 4.69) is 156 Å². The molecule has 0 spiro atoms. The van der Waals surface area contributed by atoms with Crippen molar-refractivity contribution in [3.8, 4) is 28.4 Å². The lowest BCUT2D eigenvalue weighted by Crippen LogP contribution is -2.28. The fourth-order valence-electron chi connectivity index (χ4n) is 9.87. The van der Waals surface area contributed by atoms with Gasteiger partial charge >= 0.3 is 0 Å². The van der Waals surface area contributed by atoms with Crippen LogP contribution < -0.4 is 0 Å². The number of fused-ring (bicyclic) bond motifs is 3. The zero-order valence-electron chi connectivity index (χ0n) is 39.5. The lowest BCUT2D eigenvalue weighted by molar-refractivity contribution is 0.471. The van der Waals surface area contributed by atoms with Crippen LogP contribution >= 0.6 is 0 Å². The Kier molecular flexibility index (Phi) is 16.8. The smallest absolute Gasteiger partial charge is 0.115 e. The van der Waals surface area contributed by atoms with Crippen LogP contribution in [0.15, 0.2) is 188 Å². The highest BCUT2D eigenvalue weighted by atomic mass is 16.3. The molecule has 3 N–H and O–H groups in total. The van der Waals surface area contributed by atoms with Crippen LogP contribution in [0, 0.1) is 0 Å². The van der Waals surface area contributed by atoms with E-state index in [4.69, 9.17) is 0 Å². The van der Waals surface area contributed by atoms with E-state index in [1.54, 1.807) is 29.8 Å². The number of phenolic OH excluding ortho intramolecular Hbond substituents is 3. The number of aromatic hydroxyl groups is 3. The van der Waals surface area contributed by atoms with Crippen LogP contribution in [0.5, 0.6) is 17.2 Å². The van der Waals surface area contributed by atoms with Gasteiger partial charge in [0.05, 0.1) is 5.41 Å². The van der Waals surface area contributed by atoms with E-state index in [1.165, 1.54) is 69.0 Å². The molecule has 2 aliphatic rings. The summed E-state index contributed by atoms with van der Waals surface area (Å²) in [6, 6.07) is 63.6. The molecule has 8 aromatic rings. The highest BCUT2D eigenvalue weighted by molar-refractivity contribution is 5.92. The SMILES string of the molecule is CC.CCC.CCC(CCC1c2cccc3cccc(c23)C1C)c1ccc(O)cc1.CCc1ccccc1.Oc1ccc(C2(c3ccc(O)cc3)c3ccccc3-c3ccccc32)cc1. The van der Waals surface area contributed by atoms with Gasteiger partial charge in [-0.3, -0.25) is 0 Å². The summed E-state index contributed by atoms with van der Waals surface area (Å²) in [5.41, 5.74) is 12.4. The molecular weight excluding hydrogens is 793 g/mol. The summed E-state index contributed by atoms with van der Waals surface area (Å²) in [7, 11) is 0. The number of rotatable bonds is 8. The van der Waals surface area contributed by atoms with Crippen molar-refractivity contribution in [3.63, 3.8) is 0 Å². The molecule has 0 saturated heterocycles. The molecule has 3 atom stereocenters. The molecule has 2 aliphatic carbocycles. The second kappa shape index (κ2) is 22.9. The first-order chi connectivity index (χ1) is 31.7. The Labute approximate surface area is 389 Å². The maximum absolute atomic E-state index is 9.85. The Balaban J connectivity index is 0.000000170. The lowest BCUT2D eigenvalue weighted by atomic mass is 9.68.